The summed E-state index contributed by atoms with van der Waals surface area (Å²) in [6.45, 7) is 6.79. The van der Waals surface area contributed by atoms with Crippen LogP contribution in [0.4, 0.5) is 0 Å². The Hall–Kier alpha value is -3.13. The highest BCUT2D eigenvalue weighted by Crippen LogP contribution is 2.16. The summed E-state index contributed by atoms with van der Waals surface area (Å²) < 4.78 is 12.8. The maximum Gasteiger partial charge on any atom is 0.286 e. The van der Waals surface area contributed by atoms with Crippen LogP contribution in [0.1, 0.15) is 34.7 Å². The second-order valence-electron chi connectivity index (χ2n) is 7.27. The molecule has 0 aliphatic carbocycles. The van der Waals surface area contributed by atoms with E-state index >= 15 is 0 Å². The molecule has 158 valence electrons. The largest absolute Gasteiger partial charge is 0.494 e. The van der Waals surface area contributed by atoms with Gasteiger partial charge in [0.25, 0.3) is 5.91 Å². The minimum Gasteiger partial charge on any atom is -0.494 e. The lowest BCUT2D eigenvalue weighted by Gasteiger charge is -2.19. The van der Waals surface area contributed by atoms with Crippen LogP contribution in [0.2, 0.25) is 0 Å². The summed E-state index contributed by atoms with van der Waals surface area (Å²) in [7, 11) is 0. The van der Waals surface area contributed by atoms with Gasteiger partial charge in [-0.3, -0.25) is 9.69 Å². The van der Waals surface area contributed by atoms with Crippen LogP contribution in [0, 0.1) is 0 Å². The summed E-state index contributed by atoms with van der Waals surface area (Å²) in [5.41, 5.74) is 1.27. The second kappa shape index (κ2) is 9.58. The van der Waals surface area contributed by atoms with Gasteiger partial charge in [0, 0.05) is 45.6 Å². The average Bonchev–Trinajstić information content (AvgIpc) is 3.38. The van der Waals surface area contributed by atoms with Gasteiger partial charge in [0.2, 0.25) is 0 Å². The van der Waals surface area contributed by atoms with Crippen molar-refractivity contribution in [2.24, 2.45) is 0 Å². The number of amides is 1. The number of ether oxygens (including phenoxy) is 1. The van der Waals surface area contributed by atoms with E-state index in [1.807, 2.05) is 19.1 Å². The number of benzene rings is 1. The van der Waals surface area contributed by atoms with Gasteiger partial charge in [-0.2, -0.15) is 0 Å². The highest BCUT2D eigenvalue weighted by molar-refractivity contribution is 5.91. The van der Waals surface area contributed by atoms with Gasteiger partial charge in [-0.05, 0) is 36.8 Å². The molecule has 0 unspecified atom stereocenters. The molecule has 8 heteroatoms. The highest BCUT2D eigenvalue weighted by Gasteiger charge is 2.19. The van der Waals surface area contributed by atoms with Crippen LogP contribution in [0.5, 0.6) is 5.75 Å². The minimum absolute atomic E-state index is 0.211. The Morgan fingerprint density at radius 2 is 2.03 bits per heavy atom. The number of rotatable bonds is 8. The number of nitrogens with zero attached hydrogens (tertiary/aromatic N) is 4. The summed E-state index contributed by atoms with van der Waals surface area (Å²) in [6.07, 6.45) is 2.99. The van der Waals surface area contributed by atoms with Crippen molar-refractivity contribution >= 4 is 5.91 Å². The van der Waals surface area contributed by atoms with Crippen molar-refractivity contribution in [1.82, 2.24) is 25.0 Å². The molecule has 0 fully saturated rings. The number of furan rings is 1. The van der Waals surface area contributed by atoms with Crippen LogP contribution in [0.25, 0.3) is 0 Å². The van der Waals surface area contributed by atoms with Crippen LogP contribution in [-0.2, 0) is 25.9 Å². The van der Waals surface area contributed by atoms with Gasteiger partial charge < -0.3 is 19.0 Å². The first-order valence-electron chi connectivity index (χ1n) is 10.4. The normalized spacial score (nSPS) is 14.2. The van der Waals surface area contributed by atoms with Crippen LogP contribution in [0.3, 0.4) is 0 Å². The lowest BCUT2D eigenvalue weighted by molar-refractivity contribution is 0.0926. The Morgan fingerprint density at radius 3 is 2.80 bits per heavy atom. The molecule has 2 aromatic heterocycles. The molecule has 3 heterocycles. The predicted octanol–water partition coefficient (Wildman–Crippen LogP) is 2.30. The third-order valence-electron chi connectivity index (χ3n) is 5.22. The fourth-order valence-electron chi connectivity index (χ4n) is 3.67. The Balaban J connectivity index is 1.29. The fraction of sp³-hybridized carbons (Fsp3) is 0.409. The predicted molar refractivity (Wildman–Crippen MR) is 111 cm³/mol. The SMILES string of the molecule is CCOc1ccc(CN2CCc3nnc(CCNC(=O)c4ccco4)n3CC2)cc1. The van der Waals surface area contributed by atoms with Crippen LogP contribution in [0.15, 0.2) is 47.1 Å². The van der Waals surface area contributed by atoms with Crippen molar-refractivity contribution in [3.63, 3.8) is 0 Å². The molecule has 1 aliphatic heterocycles. The van der Waals surface area contributed by atoms with Gasteiger partial charge in [0.1, 0.15) is 17.4 Å². The maximum atomic E-state index is 12.0. The molecular formula is C22H27N5O3. The van der Waals surface area contributed by atoms with E-state index in [-0.39, 0.29) is 5.91 Å². The van der Waals surface area contributed by atoms with E-state index in [0.29, 0.717) is 25.3 Å². The van der Waals surface area contributed by atoms with Crippen molar-refractivity contribution in [2.45, 2.75) is 32.9 Å². The van der Waals surface area contributed by atoms with E-state index in [2.05, 4.69) is 37.1 Å². The van der Waals surface area contributed by atoms with Crippen LogP contribution < -0.4 is 10.1 Å². The van der Waals surface area contributed by atoms with Gasteiger partial charge in [0.05, 0.1) is 12.9 Å². The quantitative estimate of drug-likeness (QED) is 0.615. The summed E-state index contributed by atoms with van der Waals surface area (Å²) in [6, 6.07) is 11.7. The topological polar surface area (TPSA) is 85.4 Å². The molecule has 0 atom stereocenters. The van der Waals surface area contributed by atoms with Crippen molar-refractivity contribution in [2.75, 3.05) is 26.2 Å². The van der Waals surface area contributed by atoms with Crippen molar-refractivity contribution in [3.05, 3.63) is 65.6 Å². The fourth-order valence-corrected chi connectivity index (χ4v) is 3.67. The molecular weight excluding hydrogens is 382 g/mol. The molecule has 1 amide bonds. The van der Waals surface area contributed by atoms with E-state index < -0.39 is 0 Å². The average molecular weight is 409 g/mol. The molecule has 30 heavy (non-hydrogen) atoms. The molecule has 8 nitrogen and oxygen atoms in total. The zero-order valence-corrected chi connectivity index (χ0v) is 17.2. The molecule has 1 aliphatic rings. The Labute approximate surface area is 175 Å². The molecule has 3 aromatic rings. The lowest BCUT2D eigenvalue weighted by atomic mass is 10.2. The monoisotopic (exact) mass is 409 g/mol. The molecule has 1 N–H and O–H groups in total. The van der Waals surface area contributed by atoms with Crippen molar-refractivity contribution in [3.8, 4) is 5.75 Å². The van der Waals surface area contributed by atoms with Gasteiger partial charge in [-0.15, -0.1) is 10.2 Å². The number of hydrogen-bond donors (Lipinski definition) is 1. The number of hydrogen-bond acceptors (Lipinski definition) is 6. The molecule has 4 rings (SSSR count). The Morgan fingerprint density at radius 1 is 1.17 bits per heavy atom. The summed E-state index contributed by atoms with van der Waals surface area (Å²) in [5, 5.41) is 11.6. The molecule has 0 saturated carbocycles. The summed E-state index contributed by atoms with van der Waals surface area (Å²) in [5.74, 6) is 2.94. The number of carbonyl (C=O) groups is 1. The maximum absolute atomic E-state index is 12.0. The smallest absolute Gasteiger partial charge is 0.286 e. The number of nitrogens with one attached hydrogen (secondary N) is 1. The van der Waals surface area contributed by atoms with E-state index in [1.54, 1.807) is 12.1 Å². The number of fused-ring (bicyclic) bond motifs is 1. The second-order valence-corrected chi connectivity index (χ2v) is 7.27. The molecule has 0 radical (unpaired) electrons. The number of aromatic nitrogens is 3. The van der Waals surface area contributed by atoms with Gasteiger partial charge >= 0.3 is 0 Å². The van der Waals surface area contributed by atoms with Crippen molar-refractivity contribution in [1.29, 1.82) is 0 Å². The first-order valence-corrected chi connectivity index (χ1v) is 10.4. The van der Waals surface area contributed by atoms with Crippen LogP contribution >= 0.6 is 0 Å². The summed E-state index contributed by atoms with van der Waals surface area (Å²) in [4.78, 5) is 14.4. The van der Waals surface area contributed by atoms with E-state index in [4.69, 9.17) is 9.15 Å². The van der Waals surface area contributed by atoms with Gasteiger partial charge in [-0.25, -0.2) is 0 Å². The van der Waals surface area contributed by atoms with Crippen molar-refractivity contribution < 1.29 is 13.9 Å². The van der Waals surface area contributed by atoms with Gasteiger partial charge in [-0.1, -0.05) is 12.1 Å². The molecule has 1 aromatic carbocycles. The molecule has 0 saturated heterocycles. The lowest BCUT2D eigenvalue weighted by Crippen LogP contribution is -2.28. The zero-order chi connectivity index (χ0) is 20.8. The first-order chi connectivity index (χ1) is 14.7. The summed E-state index contributed by atoms with van der Waals surface area (Å²) >= 11 is 0. The Bertz CT molecular complexity index is 950. The third-order valence-corrected chi connectivity index (χ3v) is 5.22. The highest BCUT2D eigenvalue weighted by atomic mass is 16.5. The third kappa shape index (κ3) is 4.88. The first kappa shape index (κ1) is 20.2. The Kier molecular flexibility index (Phi) is 6.44. The molecule has 0 spiro atoms. The van der Waals surface area contributed by atoms with E-state index in [1.165, 1.54) is 11.8 Å². The number of carbonyl (C=O) groups excluding carboxylic acids is 1. The molecule has 0 bridgehead atoms. The van der Waals surface area contributed by atoms with E-state index in [9.17, 15) is 4.79 Å². The van der Waals surface area contributed by atoms with Gasteiger partial charge in [0.15, 0.2) is 5.76 Å². The van der Waals surface area contributed by atoms with Crippen LogP contribution in [-0.4, -0.2) is 51.8 Å². The van der Waals surface area contributed by atoms with E-state index in [0.717, 1.165) is 50.0 Å². The zero-order valence-electron chi connectivity index (χ0n) is 17.2. The minimum atomic E-state index is -0.211. The standard InChI is InChI=1S/C22H27N5O3/c1-2-29-18-7-5-17(6-8-18)16-26-12-10-21-25-24-20(27(21)14-13-26)9-11-23-22(28)19-4-3-15-30-19/h3-8,15H,2,9-14,16H2,1H3,(H,23,28).